The standard InChI is InChI=1S/C17H11FN6OS/c18-12-5-2-1-4-11(12)17-21-8-14(26-17)16(25)23-13-6-3-7-20-15(13)24-10-19-9-22-24/h1-10H,(H,23,25). The molecular weight excluding hydrogens is 355 g/mol. The lowest BCUT2D eigenvalue weighted by atomic mass is 10.2. The number of rotatable bonds is 4. The van der Waals surface area contributed by atoms with Gasteiger partial charge in [-0.15, -0.1) is 11.3 Å². The Morgan fingerprint density at radius 3 is 2.85 bits per heavy atom. The summed E-state index contributed by atoms with van der Waals surface area (Å²) in [6.07, 6.45) is 5.88. The van der Waals surface area contributed by atoms with E-state index in [9.17, 15) is 9.18 Å². The molecule has 0 fully saturated rings. The fourth-order valence-electron chi connectivity index (χ4n) is 2.32. The molecule has 26 heavy (non-hydrogen) atoms. The fourth-order valence-corrected chi connectivity index (χ4v) is 3.16. The van der Waals surface area contributed by atoms with Gasteiger partial charge in [-0.05, 0) is 24.3 Å². The topological polar surface area (TPSA) is 85.6 Å². The second-order valence-electron chi connectivity index (χ2n) is 5.18. The lowest BCUT2D eigenvalue weighted by molar-refractivity contribution is 0.103. The summed E-state index contributed by atoms with van der Waals surface area (Å²) >= 11 is 1.11. The number of thiazole rings is 1. The number of carbonyl (C=O) groups is 1. The quantitative estimate of drug-likeness (QED) is 0.600. The van der Waals surface area contributed by atoms with E-state index in [2.05, 4.69) is 25.4 Å². The van der Waals surface area contributed by atoms with Gasteiger partial charge in [-0.25, -0.2) is 24.0 Å². The Bertz CT molecular complexity index is 1060. The zero-order chi connectivity index (χ0) is 17.9. The molecule has 4 rings (SSSR count). The minimum absolute atomic E-state index is 0.358. The fraction of sp³-hybridized carbons (Fsp3) is 0. The van der Waals surface area contributed by atoms with Crippen LogP contribution in [0.3, 0.4) is 0 Å². The summed E-state index contributed by atoms with van der Waals surface area (Å²) < 4.78 is 15.3. The molecule has 0 spiro atoms. The van der Waals surface area contributed by atoms with Crippen LogP contribution >= 0.6 is 11.3 Å². The van der Waals surface area contributed by atoms with Crippen LogP contribution in [0.1, 0.15) is 9.67 Å². The van der Waals surface area contributed by atoms with Crippen LogP contribution in [0, 0.1) is 5.82 Å². The van der Waals surface area contributed by atoms with Gasteiger partial charge in [0.15, 0.2) is 5.82 Å². The average Bonchev–Trinajstić information content (AvgIpc) is 3.35. The van der Waals surface area contributed by atoms with Crippen molar-refractivity contribution in [2.75, 3.05) is 5.32 Å². The van der Waals surface area contributed by atoms with Crippen molar-refractivity contribution in [3.8, 4) is 16.4 Å². The Labute approximate surface area is 151 Å². The van der Waals surface area contributed by atoms with Crippen molar-refractivity contribution in [2.24, 2.45) is 0 Å². The molecule has 0 atom stereocenters. The summed E-state index contributed by atoms with van der Waals surface area (Å²) in [6, 6.07) is 9.72. The first-order chi connectivity index (χ1) is 12.7. The highest BCUT2D eigenvalue weighted by Crippen LogP contribution is 2.28. The van der Waals surface area contributed by atoms with Gasteiger partial charge in [0.1, 0.15) is 28.4 Å². The lowest BCUT2D eigenvalue weighted by Gasteiger charge is -2.08. The molecule has 7 nitrogen and oxygen atoms in total. The molecule has 128 valence electrons. The van der Waals surface area contributed by atoms with E-state index in [4.69, 9.17) is 0 Å². The summed E-state index contributed by atoms with van der Waals surface area (Å²) in [4.78, 5) is 25.2. The Morgan fingerprint density at radius 1 is 1.15 bits per heavy atom. The number of nitrogens with zero attached hydrogens (tertiary/aromatic N) is 5. The molecule has 1 amide bonds. The average molecular weight is 366 g/mol. The summed E-state index contributed by atoms with van der Waals surface area (Å²) in [6.45, 7) is 0. The first-order valence-corrected chi connectivity index (χ1v) is 8.36. The summed E-state index contributed by atoms with van der Waals surface area (Å²) in [7, 11) is 0. The summed E-state index contributed by atoms with van der Waals surface area (Å²) in [5, 5.41) is 7.24. The Balaban J connectivity index is 1.60. The van der Waals surface area contributed by atoms with E-state index in [1.807, 2.05) is 0 Å². The van der Waals surface area contributed by atoms with Gasteiger partial charge in [0.25, 0.3) is 5.91 Å². The predicted molar refractivity (Wildman–Crippen MR) is 94.6 cm³/mol. The zero-order valence-corrected chi connectivity index (χ0v) is 14.0. The van der Waals surface area contributed by atoms with E-state index in [0.29, 0.717) is 27.0 Å². The van der Waals surface area contributed by atoms with Gasteiger partial charge in [0, 0.05) is 11.8 Å². The first kappa shape index (κ1) is 16.0. The third kappa shape index (κ3) is 3.07. The van der Waals surface area contributed by atoms with Crippen molar-refractivity contribution in [3.05, 3.63) is 72.1 Å². The predicted octanol–water partition coefficient (Wildman–Crippen LogP) is 3.18. The van der Waals surface area contributed by atoms with Crippen LogP contribution < -0.4 is 5.32 Å². The Kier molecular flexibility index (Phi) is 4.20. The molecule has 0 aliphatic carbocycles. The van der Waals surface area contributed by atoms with Gasteiger partial charge >= 0.3 is 0 Å². The molecule has 3 aromatic heterocycles. The summed E-state index contributed by atoms with van der Waals surface area (Å²) in [5.74, 6) is -0.300. The van der Waals surface area contributed by atoms with Crippen LogP contribution in [0.4, 0.5) is 10.1 Å². The van der Waals surface area contributed by atoms with Gasteiger partial charge in [0.2, 0.25) is 0 Å². The minimum Gasteiger partial charge on any atom is -0.318 e. The van der Waals surface area contributed by atoms with Crippen LogP contribution in [0.2, 0.25) is 0 Å². The minimum atomic E-state index is -0.380. The highest BCUT2D eigenvalue weighted by Gasteiger charge is 2.16. The third-order valence-corrected chi connectivity index (χ3v) is 4.53. The van der Waals surface area contributed by atoms with E-state index in [0.717, 1.165) is 11.3 Å². The van der Waals surface area contributed by atoms with E-state index in [-0.39, 0.29) is 11.7 Å². The summed E-state index contributed by atoms with van der Waals surface area (Å²) in [5.41, 5.74) is 0.838. The first-order valence-electron chi connectivity index (χ1n) is 7.54. The molecular formula is C17H11FN6OS. The number of halogens is 1. The number of aromatic nitrogens is 5. The molecule has 0 unspecified atom stereocenters. The van der Waals surface area contributed by atoms with Gasteiger partial charge < -0.3 is 5.32 Å². The molecule has 0 aliphatic heterocycles. The number of hydrogen-bond donors (Lipinski definition) is 1. The normalized spacial score (nSPS) is 10.7. The van der Waals surface area contributed by atoms with Crippen LogP contribution in [0.5, 0.6) is 0 Å². The number of benzene rings is 1. The second kappa shape index (κ2) is 6.81. The maximum absolute atomic E-state index is 13.9. The molecule has 1 N–H and O–H groups in total. The molecule has 0 saturated carbocycles. The van der Waals surface area contributed by atoms with E-state index >= 15 is 0 Å². The van der Waals surface area contributed by atoms with Crippen LogP contribution in [0.25, 0.3) is 16.4 Å². The van der Waals surface area contributed by atoms with Crippen molar-refractivity contribution < 1.29 is 9.18 Å². The van der Waals surface area contributed by atoms with Gasteiger partial charge in [-0.1, -0.05) is 12.1 Å². The maximum atomic E-state index is 13.9. The van der Waals surface area contributed by atoms with E-state index in [1.54, 1.807) is 36.5 Å². The highest BCUT2D eigenvalue weighted by molar-refractivity contribution is 7.17. The number of hydrogen-bond acceptors (Lipinski definition) is 6. The number of amides is 1. The van der Waals surface area contributed by atoms with Crippen molar-refractivity contribution in [1.29, 1.82) is 0 Å². The number of pyridine rings is 1. The van der Waals surface area contributed by atoms with Crippen LogP contribution in [-0.2, 0) is 0 Å². The van der Waals surface area contributed by atoms with Crippen molar-refractivity contribution >= 4 is 22.9 Å². The van der Waals surface area contributed by atoms with Crippen LogP contribution in [0.15, 0.2) is 61.4 Å². The number of carbonyl (C=O) groups excluding carboxylic acids is 1. The monoisotopic (exact) mass is 366 g/mol. The molecule has 0 aliphatic rings. The molecule has 1 aromatic carbocycles. The molecule has 0 radical (unpaired) electrons. The molecule has 3 heterocycles. The number of nitrogens with one attached hydrogen (secondary N) is 1. The van der Waals surface area contributed by atoms with Crippen molar-refractivity contribution in [2.45, 2.75) is 0 Å². The highest BCUT2D eigenvalue weighted by atomic mass is 32.1. The van der Waals surface area contributed by atoms with E-state index < -0.39 is 0 Å². The SMILES string of the molecule is O=C(Nc1cccnc1-n1cncn1)c1cnc(-c2ccccc2F)s1. The van der Waals surface area contributed by atoms with Crippen molar-refractivity contribution in [1.82, 2.24) is 24.7 Å². The molecule has 4 aromatic rings. The smallest absolute Gasteiger partial charge is 0.267 e. The van der Waals surface area contributed by atoms with E-state index in [1.165, 1.54) is 29.6 Å². The van der Waals surface area contributed by atoms with Gasteiger partial charge in [-0.3, -0.25) is 4.79 Å². The third-order valence-electron chi connectivity index (χ3n) is 3.50. The Hall–Kier alpha value is -3.46. The molecule has 0 bridgehead atoms. The second-order valence-corrected chi connectivity index (χ2v) is 6.21. The van der Waals surface area contributed by atoms with Crippen LogP contribution in [-0.4, -0.2) is 30.6 Å². The van der Waals surface area contributed by atoms with Gasteiger partial charge in [-0.2, -0.15) is 5.10 Å². The molecule has 9 heteroatoms. The largest absolute Gasteiger partial charge is 0.318 e. The zero-order valence-electron chi connectivity index (χ0n) is 13.2. The number of anilines is 1. The maximum Gasteiger partial charge on any atom is 0.267 e. The van der Waals surface area contributed by atoms with Gasteiger partial charge in [0.05, 0.1) is 11.9 Å². The molecule has 0 saturated heterocycles. The van der Waals surface area contributed by atoms with Crippen molar-refractivity contribution in [3.63, 3.8) is 0 Å². The Morgan fingerprint density at radius 2 is 2.04 bits per heavy atom. The lowest BCUT2D eigenvalue weighted by Crippen LogP contribution is -2.13.